The van der Waals surface area contributed by atoms with E-state index in [1.165, 1.54) is 82.4 Å². The molecule has 1 aliphatic carbocycles. The molecular weight excluding hydrogens is 605 g/mol. The van der Waals surface area contributed by atoms with Gasteiger partial charge in [-0.15, -0.1) is 0 Å². The van der Waals surface area contributed by atoms with E-state index < -0.39 is 8.07 Å². The van der Waals surface area contributed by atoms with E-state index in [4.69, 9.17) is 0 Å². The van der Waals surface area contributed by atoms with Crippen LogP contribution in [-0.2, 0) is 0 Å². The summed E-state index contributed by atoms with van der Waals surface area (Å²) < 4.78 is 0. The van der Waals surface area contributed by atoms with Crippen LogP contribution in [0, 0.1) is 26.7 Å². The summed E-state index contributed by atoms with van der Waals surface area (Å²) in [5, 5.41) is 5.96. The van der Waals surface area contributed by atoms with Gasteiger partial charge >= 0.3 is 0 Å². The average molecular weight is 651 g/mol. The highest BCUT2D eigenvalue weighted by molar-refractivity contribution is 7.16. The van der Waals surface area contributed by atoms with E-state index in [9.17, 15) is 0 Å². The quantitative estimate of drug-likeness (QED) is 0.119. The zero-order chi connectivity index (χ0) is 34.3. The summed E-state index contributed by atoms with van der Waals surface area (Å²) in [6.07, 6.45) is 0. The normalized spacial score (nSPS) is 14.9. The van der Waals surface area contributed by atoms with Gasteiger partial charge < -0.3 is 0 Å². The van der Waals surface area contributed by atoms with Crippen molar-refractivity contribution in [2.45, 2.75) is 48.5 Å². The number of benzene rings is 6. The lowest BCUT2D eigenvalue weighted by Crippen LogP contribution is -2.70. The molecule has 0 bridgehead atoms. The summed E-state index contributed by atoms with van der Waals surface area (Å²) in [4.78, 5) is 0. The highest BCUT2D eigenvalue weighted by atomic mass is 28.3. The maximum absolute atomic E-state index is 2.95. The molecule has 1 heteroatoms. The minimum atomic E-state index is -2.95. The summed E-state index contributed by atoms with van der Waals surface area (Å²) in [5.41, 5.74) is 15.9. The van der Waals surface area contributed by atoms with Crippen LogP contribution in [0.15, 0.2) is 168 Å². The average Bonchev–Trinajstić information content (AvgIpc) is 3.31. The van der Waals surface area contributed by atoms with Crippen molar-refractivity contribution in [2.75, 3.05) is 0 Å². The van der Waals surface area contributed by atoms with E-state index in [-0.39, 0.29) is 0 Å². The van der Waals surface area contributed by atoms with Crippen molar-refractivity contribution in [1.29, 1.82) is 0 Å². The Kier molecular flexibility index (Phi) is 8.73. The molecule has 0 N–H and O–H groups in total. The van der Waals surface area contributed by atoms with Crippen molar-refractivity contribution in [3.8, 4) is 33.4 Å². The summed E-state index contributed by atoms with van der Waals surface area (Å²) in [6.45, 7) is 16.4. The molecule has 6 aromatic carbocycles. The van der Waals surface area contributed by atoms with Gasteiger partial charge in [0.05, 0.1) is 0 Å². The van der Waals surface area contributed by atoms with Crippen LogP contribution in [0.2, 0.25) is 0 Å². The van der Waals surface area contributed by atoms with Crippen LogP contribution in [-0.4, -0.2) is 8.07 Å². The second-order valence-corrected chi connectivity index (χ2v) is 18.0. The van der Waals surface area contributed by atoms with Crippen LogP contribution < -0.4 is 15.6 Å². The van der Waals surface area contributed by atoms with Crippen LogP contribution in [0.4, 0.5) is 0 Å². The fourth-order valence-corrected chi connectivity index (χ4v) is 14.3. The molecule has 0 amide bonds. The molecule has 6 aromatic rings. The number of aryl methyl sites for hydroxylation is 3. The van der Waals surface area contributed by atoms with Gasteiger partial charge in [-0.1, -0.05) is 186 Å². The lowest BCUT2D eigenvalue weighted by Gasteiger charge is -2.40. The van der Waals surface area contributed by atoms with Gasteiger partial charge in [-0.3, -0.25) is 0 Å². The monoisotopic (exact) mass is 650 g/mol. The molecule has 0 heterocycles. The number of allylic oxidation sites excluding steroid dienone is 4. The fourth-order valence-electron chi connectivity index (χ4n) is 8.33. The van der Waals surface area contributed by atoms with Gasteiger partial charge in [0.25, 0.3) is 0 Å². The molecule has 1 atom stereocenters. The summed E-state index contributed by atoms with van der Waals surface area (Å²) >= 11 is 0. The van der Waals surface area contributed by atoms with Crippen molar-refractivity contribution >= 4 is 23.6 Å². The molecular formula is C48H46Si. The topological polar surface area (TPSA) is 0 Å². The van der Waals surface area contributed by atoms with E-state index in [1.807, 2.05) is 0 Å². The molecule has 1 unspecified atom stereocenters. The highest BCUT2D eigenvalue weighted by Crippen LogP contribution is 2.42. The van der Waals surface area contributed by atoms with Crippen LogP contribution in [0.5, 0.6) is 0 Å². The predicted molar refractivity (Wildman–Crippen MR) is 215 cm³/mol. The molecule has 7 rings (SSSR count). The molecule has 0 fully saturated rings. The van der Waals surface area contributed by atoms with E-state index in [0.717, 1.165) is 0 Å². The molecule has 0 aliphatic heterocycles. The lowest BCUT2D eigenvalue weighted by atomic mass is 10.0. The van der Waals surface area contributed by atoms with Gasteiger partial charge in [0.2, 0.25) is 0 Å². The van der Waals surface area contributed by atoms with Crippen LogP contribution >= 0.6 is 0 Å². The first-order valence-corrected chi connectivity index (χ1v) is 19.6. The Morgan fingerprint density at radius 3 is 0.980 bits per heavy atom. The van der Waals surface area contributed by atoms with E-state index in [2.05, 4.69) is 194 Å². The Morgan fingerprint density at radius 1 is 0.367 bits per heavy atom. The Morgan fingerprint density at radius 2 is 0.694 bits per heavy atom. The molecule has 49 heavy (non-hydrogen) atoms. The van der Waals surface area contributed by atoms with Crippen molar-refractivity contribution in [1.82, 2.24) is 0 Å². The Balaban J connectivity index is 1.67. The second kappa shape index (κ2) is 13.1. The van der Waals surface area contributed by atoms with E-state index in [0.29, 0.717) is 5.92 Å². The zero-order valence-corrected chi connectivity index (χ0v) is 30.9. The maximum atomic E-state index is 2.54. The smallest absolute Gasteiger partial charge is 0.0636 e. The first-order valence-electron chi connectivity index (χ1n) is 17.6. The van der Waals surface area contributed by atoms with Gasteiger partial charge in [0.15, 0.2) is 8.07 Å². The summed E-state index contributed by atoms with van der Waals surface area (Å²) in [5.74, 6) is 0.328. The number of hydrogen-bond donors (Lipinski definition) is 0. The van der Waals surface area contributed by atoms with Crippen molar-refractivity contribution in [2.24, 2.45) is 5.92 Å². The van der Waals surface area contributed by atoms with E-state index >= 15 is 0 Å². The van der Waals surface area contributed by atoms with Crippen LogP contribution in [0.1, 0.15) is 44.4 Å². The fraction of sp³-hybridized carbons (Fsp3) is 0.167. The molecule has 0 radical (unpaired) electrons. The van der Waals surface area contributed by atoms with Crippen LogP contribution in [0.25, 0.3) is 33.4 Å². The molecule has 0 spiro atoms. The Bertz CT molecular complexity index is 2000. The van der Waals surface area contributed by atoms with Crippen molar-refractivity contribution < 1.29 is 0 Å². The van der Waals surface area contributed by atoms with Crippen molar-refractivity contribution in [3.63, 3.8) is 0 Å². The highest BCUT2D eigenvalue weighted by Gasteiger charge is 2.48. The first-order chi connectivity index (χ1) is 23.7. The Labute approximate surface area is 294 Å². The van der Waals surface area contributed by atoms with Gasteiger partial charge in [0, 0.05) is 0 Å². The third kappa shape index (κ3) is 5.87. The van der Waals surface area contributed by atoms with Crippen molar-refractivity contribution in [3.05, 3.63) is 184 Å². The molecule has 0 saturated carbocycles. The van der Waals surface area contributed by atoms with Gasteiger partial charge in [-0.05, 0) is 102 Å². The molecule has 1 aliphatic rings. The third-order valence-electron chi connectivity index (χ3n) is 10.9. The number of hydrogen-bond acceptors (Lipinski definition) is 0. The maximum Gasteiger partial charge on any atom is 0.176 e. The molecule has 242 valence electrons. The van der Waals surface area contributed by atoms with Crippen LogP contribution in [0.3, 0.4) is 0 Å². The van der Waals surface area contributed by atoms with Gasteiger partial charge in [-0.2, -0.15) is 0 Å². The molecule has 0 aromatic heterocycles. The summed E-state index contributed by atoms with van der Waals surface area (Å²) in [6, 6.07) is 55.0. The summed E-state index contributed by atoms with van der Waals surface area (Å²) in [7, 11) is -2.95. The first kappa shape index (κ1) is 32.6. The van der Waals surface area contributed by atoms with Gasteiger partial charge in [-0.25, -0.2) is 0 Å². The zero-order valence-electron chi connectivity index (χ0n) is 29.9. The van der Waals surface area contributed by atoms with Gasteiger partial charge in [0.1, 0.15) is 0 Å². The minimum absolute atomic E-state index is 0.328. The van der Waals surface area contributed by atoms with E-state index in [1.54, 1.807) is 5.20 Å². The standard InChI is InChI=1S/C48H46Si/c1-32-23-42(39-17-11-8-12-18-39)29-45(26-32)49(48-37(6)35(4)36(5)38(48)7,46-27-33(2)24-43(30-46)40-19-13-9-14-20-40)47-28-34(3)25-44(31-47)41-21-15-10-16-22-41/h8-31,37H,1-7H3. The SMILES string of the molecule is CC1=C(C)C(C)C([Si](c2cc(C)cc(-c3ccccc3)c2)(c2cc(C)cc(-c3ccccc3)c2)c2cc(C)cc(-c3ccccc3)c2)=C1C. The predicted octanol–water partition coefficient (Wildman–Crippen LogP) is 10.9. The third-order valence-corrected chi connectivity index (χ3v) is 16.0. The molecule has 0 saturated heterocycles. The largest absolute Gasteiger partial charge is 0.176 e. The molecule has 0 nitrogen and oxygen atoms in total. The lowest BCUT2D eigenvalue weighted by molar-refractivity contribution is 0.851. The second-order valence-electron chi connectivity index (χ2n) is 14.2. The Hall–Kier alpha value is -4.98. The minimum Gasteiger partial charge on any atom is -0.0636 e. The number of rotatable bonds is 7.